The highest BCUT2D eigenvalue weighted by Gasteiger charge is 2.14. The summed E-state index contributed by atoms with van der Waals surface area (Å²) >= 11 is 1.81. The maximum absolute atomic E-state index is 12.0. The zero-order valence-electron chi connectivity index (χ0n) is 13.9. The predicted octanol–water partition coefficient (Wildman–Crippen LogP) is 2.80. The molecule has 0 spiro atoms. The molecule has 128 valence electrons. The summed E-state index contributed by atoms with van der Waals surface area (Å²) in [5.41, 5.74) is 2.10. The Morgan fingerprint density at radius 2 is 2.12 bits per heavy atom. The average molecular weight is 345 g/mol. The number of thiazole rings is 1. The van der Waals surface area contributed by atoms with Crippen molar-refractivity contribution in [3.8, 4) is 5.75 Å². The van der Waals surface area contributed by atoms with Gasteiger partial charge in [-0.25, -0.2) is 4.98 Å². The first-order chi connectivity index (χ1) is 11.8. The highest BCUT2D eigenvalue weighted by atomic mass is 32.1. The van der Waals surface area contributed by atoms with Crippen molar-refractivity contribution in [2.45, 2.75) is 32.1 Å². The summed E-state index contributed by atoms with van der Waals surface area (Å²) in [6, 6.07) is 7.57. The number of hydrogen-bond acceptors (Lipinski definition) is 5. The van der Waals surface area contributed by atoms with E-state index in [1.165, 1.54) is 29.8 Å². The van der Waals surface area contributed by atoms with Gasteiger partial charge in [0.05, 0.1) is 30.0 Å². The van der Waals surface area contributed by atoms with Gasteiger partial charge in [0.25, 0.3) is 0 Å². The lowest BCUT2D eigenvalue weighted by Crippen LogP contribution is -2.31. The van der Waals surface area contributed by atoms with Crippen molar-refractivity contribution in [1.29, 1.82) is 0 Å². The molecule has 0 aliphatic heterocycles. The topological polar surface area (TPSA) is 63.2 Å². The summed E-state index contributed by atoms with van der Waals surface area (Å²) in [4.78, 5) is 18.1. The standard InChI is InChI=1S/C18H23N3O2S/c1-23-15-8-4-2-6-13(15)20-12-17(22)19-11-10-18-21-14-7-3-5-9-16(14)24-18/h2,4,6,8,20H,3,5,7,9-12H2,1H3,(H,19,22). The second kappa shape index (κ2) is 8.15. The number of benzene rings is 1. The molecular formula is C18H23N3O2S. The number of carbonyl (C=O) groups is 1. The fourth-order valence-corrected chi connectivity index (χ4v) is 4.01. The largest absolute Gasteiger partial charge is 0.495 e. The lowest BCUT2D eigenvalue weighted by molar-refractivity contribution is -0.119. The Kier molecular flexibility index (Phi) is 5.69. The van der Waals surface area contributed by atoms with Gasteiger partial charge >= 0.3 is 0 Å². The van der Waals surface area contributed by atoms with Gasteiger partial charge in [-0.3, -0.25) is 4.79 Å². The molecule has 1 amide bonds. The van der Waals surface area contributed by atoms with E-state index in [0.717, 1.165) is 29.3 Å². The van der Waals surface area contributed by atoms with Crippen molar-refractivity contribution in [3.05, 3.63) is 39.8 Å². The van der Waals surface area contributed by atoms with Crippen molar-refractivity contribution in [2.24, 2.45) is 0 Å². The lowest BCUT2D eigenvalue weighted by Gasteiger charge is -2.10. The zero-order valence-corrected chi connectivity index (χ0v) is 14.7. The number of aryl methyl sites for hydroxylation is 2. The first kappa shape index (κ1) is 16.8. The van der Waals surface area contributed by atoms with Crippen LogP contribution in [0.4, 0.5) is 5.69 Å². The van der Waals surface area contributed by atoms with Gasteiger partial charge in [0.2, 0.25) is 5.91 Å². The van der Waals surface area contributed by atoms with Crippen LogP contribution < -0.4 is 15.4 Å². The Labute approximate surface area is 146 Å². The van der Waals surface area contributed by atoms with E-state index in [2.05, 4.69) is 10.6 Å². The van der Waals surface area contributed by atoms with Gasteiger partial charge in [-0.2, -0.15) is 0 Å². The molecule has 0 unspecified atom stereocenters. The minimum atomic E-state index is -0.0257. The van der Waals surface area contributed by atoms with Gasteiger partial charge in [-0.05, 0) is 37.8 Å². The molecule has 1 aliphatic rings. The molecule has 1 aromatic heterocycles. The highest BCUT2D eigenvalue weighted by molar-refractivity contribution is 7.11. The molecule has 6 heteroatoms. The van der Waals surface area contributed by atoms with Crippen molar-refractivity contribution in [3.63, 3.8) is 0 Å². The van der Waals surface area contributed by atoms with Gasteiger partial charge in [-0.1, -0.05) is 12.1 Å². The van der Waals surface area contributed by atoms with Crippen LogP contribution in [-0.4, -0.2) is 31.1 Å². The first-order valence-corrected chi connectivity index (χ1v) is 9.19. The fraction of sp³-hybridized carbons (Fsp3) is 0.444. The van der Waals surface area contributed by atoms with Crippen LogP contribution in [0.3, 0.4) is 0 Å². The molecule has 0 saturated heterocycles. The second-order valence-corrected chi connectivity index (χ2v) is 7.01. The summed E-state index contributed by atoms with van der Waals surface area (Å²) in [6.45, 7) is 0.855. The zero-order chi connectivity index (χ0) is 16.8. The number of anilines is 1. The molecule has 0 atom stereocenters. The Bertz CT molecular complexity index is 676. The van der Waals surface area contributed by atoms with E-state index >= 15 is 0 Å². The van der Waals surface area contributed by atoms with Crippen molar-refractivity contribution in [2.75, 3.05) is 25.5 Å². The Morgan fingerprint density at radius 1 is 1.29 bits per heavy atom. The van der Waals surface area contributed by atoms with Crippen LogP contribution >= 0.6 is 11.3 Å². The van der Waals surface area contributed by atoms with Crippen LogP contribution in [0.15, 0.2) is 24.3 Å². The van der Waals surface area contributed by atoms with Gasteiger partial charge in [0.1, 0.15) is 5.75 Å². The molecule has 1 aliphatic carbocycles. The molecule has 3 rings (SSSR count). The predicted molar refractivity (Wildman–Crippen MR) is 97.0 cm³/mol. The van der Waals surface area contributed by atoms with Crippen molar-refractivity contribution >= 4 is 22.9 Å². The number of ether oxygens (including phenoxy) is 1. The number of fused-ring (bicyclic) bond motifs is 1. The maximum atomic E-state index is 12.0. The molecule has 0 fully saturated rings. The number of rotatable bonds is 7. The Balaban J connectivity index is 1.42. The number of amides is 1. The number of carbonyl (C=O) groups excluding carboxylic acids is 1. The molecule has 0 radical (unpaired) electrons. The smallest absolute Gasteiger partial charge is 0.239 e. The summed E-state index contributed by atoms with van der Waals surface area (Å²) in [6.07, 6.45) is 5.61. The van der Waals surface area contributed by atoms with Crippen LogP contribution in [-0.2, 0) is 24.1 Å². The minimum absolute atomic E-state index is 0.0257. The lowest BCUT2D eigenvalue weighted by atomic mass is 10.0. The highest BCUT2D eigenvalue weighted by Crippen LogP contribution is 2.26. The molecule has 1 heterocycles. The molecule has 1 aromatic carbocycles. The van der Waals surface area contributed by atoms with Gasteiger partial charge < -0.3 is 15.4 Å². The van der Waals surface area contributed by atoms with E-state index < -0.39 is 0 Å². The van der Waals surface area contributed by atoms with Gasteiger partial charge in [0.15, 0.2) is 0 Å². The Morgan fingerprint density at radius 3 is 2.96 bits per heavy atom. The minimum Gasteiger partial charge on any atom is -0.495 e. The van der Waals surface area contributed by atoms with Crippen molar-refractivity contribution in [1.82, 2.24) is 10.3 Å². The Hall–Kier alpha value is -2.08. The molecule has 2 aromatic rings. The SMILES string of the molecule is COc1ccccc1NCC(=O)NCCc1nc2c(s1)CCCC2. The molecule has 0 bridgehead atoms. The van der Waals surface area contributed by atoms with E-state index in [1.54, 1.807) is 7.11 Å². The first-order valence-electron chi connectivity index (χ1n) is 8.37. The maximum Gasteiger partial charge on any atom is 0.239 e. The summed E-state index contributed by atoms with van der Waals surface area (Å²) in [5.74, 6) is 0.709. The van der Waals surface area contributed by atoms with Crippen LogP contribution in [0.5, 0.6) is 5.75 Å². The number of aromatic nitrogens is 1. The van der Waals surface area contributed by atoms with Crippen LogP contribution in [0.25, 0.3) is 0 Å². The molecule has 24 heavy (non-hydrogen) atoms. The summed E-state index contributed by atoms with van der Waals surface area (Å²) in [7, 11) is 1.62. The second-order valence-electron chi connectivity index (χ2n) is 5.84. The fourth-order valence-electron chi connectivity index (χ4n) is 2.85. The molecule has 2 N–H and O–H groups in total. The molecular weight excluding hydrogens is 322 g/mol. The van der Waals surface area contributed by atoms with E-state index in [4.69, 9.17) is 9.72 Å². The van der Waals surface area contributed by atoms with E-state index in [1.807, 2.05) is 35.6 Å². The van der Waals surface area contributed by atoms with Crippen LogP contribution in [0.2, 0.25) is 0 Å². The summed E-state index contributed by atoms with van der Waals surface area (Å²) in [5, 5.41) is 7.18. The third kappa shape index (κ3) is 4.26. The summed E-state index contributed by atoms with van der Waals surface area (Å²) < 4.78 is 5.26. The molecule has 0 saturated carbocycles. The number of methoxy groups -OCH3 is 1. The quantitative estimate of drug-likeness (QED) is 0.810. The number of nitrogens with zero attached hydrogens (tertiary/aromatic N) is 1. The van der Waals surface area contributed by atoms with Crippen molar-refractivity contribution < 1.29 is 9.53 Å². The van der Waals surface area contributed by atoms with Crippen LogP contribution in [0, 0.1) is 0 Å². The number of hydrogen-bond donors (Lipinski definition) is 2. The molecule has 5 nitrogen and oxygen atoms in total. The van der Waals surface area contributed by atoms with Crippen LogP contribution in [0.1, 0.15) is 28.4 Å². The average Bonchev–Trinajstić information content (AvgIpc) is 3.03. The van der Waals surface area contributed by atoms with Gasteiger partial charge in [-0.15, -0.1) is 11.3 Å². The van der Waals surface area contributed by atoms with Gasteiger partial charge in [0, 0.05) is 17.8 Å². The van der Waals surface area contributed by atoms with E-state index in [9.17, 15) is 4.79 Å². The number of para-hydroxylation sites is 2. The third-order valence-electron chi connectivity index (χ3n) is 4.10. The monoisotopic (exact) mass is 345 g/mol. The van der Waals surface area contributed by atoms with E-state index in [-0.39, 0.29) is 12.5 Å². The van der Waals surface area contributed by atoms with E-state index in [0.29, 0.717) is 6.54 Å². The third-order valence-corrected chi connectivity index (χ3v) is 5.31. The number of nitrogens with one attached hydrogen (secondary N) is 2. The normalized spacial score (nSPS) is 13.2.